The lowest BCUT2D eigenvalue weighted by Gasteiger charge is -2.12. The molecule has 0 spiro atoms. The largest absolute Gasteiger partial charge is 0.303 e. The molecule has 0 heterocycles. The monoisotopic (exact) mass is 214 g/mol. The van der Waals surface area contributed by atoms with Crippen LogP contribution < -0.4 is 0 Å². The molecule has 3 heteroatoms. The van der Waals surface area contributed by atoms with Gasteiger partial charge in [0.2, 0.25) is 0 Å². The molecule has 0 aliphatic carbocycles. The summed E-state index contributed by atoms with van der Waals surface area (Å²) in [5.41, 5.74) is 0.989. The van der Waals surface area contributed by atoms with E-state index < -0.39 is 0 Å². The quantitative estimate of drug-likeness (QED) is 0.544. The minimum Gasteiger partial charge on any atom is -0.303 e. The Morgan fingerprint density at radius 3 is 2.50 bits per heavy atom. The Morgan fingerprint density at radius 2 is 2.00 bits per heavy atom. The van der Waals surface area contributed by atoms with E-state index in [0.29, 0.717) is 12.3 Å². The molecule has 14 heavy (non-hydrogen) atoms. The summed E-state index contributed by atoms with van der Waals surface area (Å²) in [7, 11) is 0. The first kappa shape index (κ1) is 11.2. The highest BCUT2D eigenvalue weighted by molar-refractivity contribution is 6.18. The van der Waals surface area contributed by atoms with Gasteiger partial charge < -0.3 is 4.79 Å². The van der Waals surface area contributed by atoms with E-state index in [4.69, 9.17) is 11.6 Å². The highest BCUT2D eigenvalue weighted by atomic mass is 35.5. The number of rotatable bonds is 5. The minimum atomic E-state index is -0.252. The summed E-state index contributed by atoms with van der Waals surface area (Å²) in [6, 6.07) is 6.26. The standard InChI is InChI=1S/C11H12ClFO/c12-8-10(2-1-7-14)9-3-5-11(13)6-4-9/h3-7,10H,1-2,8H2. The third-order valence-corrected chi connectivity index (χ3v) is 2.53. The minimum absolute atomic E-state index is 0.141. The second kappa shape index (κ2) is 5.76. The summed E-state index contributed by atoms with van der Waals surface area (Å²) >= 11 is 5.77. The van der Waals surface area contributed by atoms with Crippen molar-refractivity contribution in [3.05, 3.63) is 35.6 Å². The van der Waals surface area contributed by atoms with Crippen molar-refractivity contribution >= 4 is 17.9 Å². The maximum Gasteiger partial charge on any atom is 0.123 e. The Labute approximate surface area is 87.9 Å². The van der Waals surface area contributed by atoms with Gasteiger partial charge in [0.25, 0.3) is 0 Å². The van der Waals surface area contributed by atoms with Crippen LogP contribution in [0.4, 0.5) is 4.39 Å². The normalized spacial score (nSPS) is 12.4. The second-order valence-corrected chi connectivity index (χ2v) is 3.46. The fourth-order valence-electron chi connectivity index (χ4n) is 1.34. The van der Waals surface area contributed by atoms with Crippen molar-refractivity contribution in [2.75, 3.05) is 5.88 Å². The van der Waals surface area contributed by atoms with Crippen LogP contribution in [0.3, 0.4) is 0 Å². The van der Waals surface area contributed by atoms with E-state index in [1.165, 1.54) is 12.1 Å². The fraction of sp³-hybridized carbons (Fsp3) is 0.364. The Bertz CT molecular complexity index is 284. The maximum absolute atomic E-state index is 12.6. The first-order valence-corrected chi connectivity index (χ1v) is 5.06. The van der Waals surface area contributed by atoms with E-state index in [1.54, 1.807) is 12.1 Å². The summed E-state index contributed by atoms with van der Waals surface area (Å²) in [6.07, 6.45) is 2.09. The zero-order valence-corrected chi connectivity index (χ0v) is 8.51. The fourth-order valence-corrected chi connectivity index (χ4v) is 1.67. The molecule has 1 unspecified atom stereocenters. The van der Waals surface area contributed by atoms with Gasteiger partial charge in [-0.1, -0.05) is 12.1 Å². The Kier molecular flexibility index (Phi) is 4.60. The Balaban J connectivity index is 2.68. The lowest BCUT2D eigenvalue weighted by molar-refractivity contribution is -0.108. The first-order chi connectivity index (χ1) is 6.77. The summed E-state index contributed by atoms with van der Waals surface area (Å²) in [6.45, 7) is 0. The van der Waals surface area contributed by atoms with Gasteiger partial charge in [0, 0.05) is 12.3 Å². The van der Waals surface area contributed by atoms with E-state index in [2.05, 4.69) is 0 Å². The highest BCUT2D eigenvalue weighted by Crippen LogP contribution is 2.22. The predicted octanol–water partition coefficient (Wildman–Crippen LogP) is 3.13. The molecule has 0 bridgehead atoms. The molecule has 0 N–H and O–H groups in total. The number of alkyl halides is 1. The smallest absolute Gasteiger partial charge is 0.123 e. The second-order valence-electron chi connectivity index (χ2n) is 3.15. The molecule has 0 amide bonds. The first-order valence-electron chi connectivity index (χ1n) is 4.53. The number of carbonyl (C=O) groups is 1. The summed E-state index contributed by atoms with van der Waals surface area (Å²) in [5, 5.41) is 0. The molecular weight excluding hydrogens is 203 g/mol. The molecule has 76 valence electrons. The van der Waals surface area contributed by atoms with Gasteiger partial charge in [-0.2, -0.15) is 0 Å². The van der Waals surface area contributed by atoms with Crippen molar-refractivity contribution in [3.8, 4) is 0 Å². The molecule has 0 aliphatic rings. The zero-order valence-electron chi connectivity index (χ0n) is 7.75. The molecule has 1 nitrogen and oxygen atoms in total. The van der Waals surface area contributed by atoms with Crippen LogP contribution in [0.15, 0.2) is 24.3 Å². The van der Waals surface area contributed by atoms with E-state index in [-0.39, 0.29) is 11.7 Å². The van der Waals surface area contributed by atoms with Crippen molar-refractivity contribution in [1.82, 2.24) is 0 Å². The van der Waals surface area contributed by atoms with Crippen LogP contribution in [-0.2, 0) is 4.79 Å². The summed E-state index contributed by atoms with van der Waals surface area (Å²) < 4.78 is 12.6. The number of benzene rings is 1. The van der Waals surface area contributed by atoms with E-state index in [1.807, 2.05) is 0 Å². The molecular formula is C11H12ClFO. The number of carbonyl (C=O) groups excluding carboxylic acids is 1. The third-order valence-electron chi connectivity index (χ3n) is 2.16. The molecule has 0 radical (unpaired) electrons. The van der Waals surface area contributed by atoms with Crippen LogP contribution in [-0.4, -0.2) is 12.2 Å². The van der Waals surface area contributed by atoms with Crippen molar-refractivity contribution < 1.29 is 9.18 Å². The topological polar surface area (TPSA) is 17.1 Å². The van der Waals surface area contributed by atoms with Gasteiger partial charge in [0.05, 0.1) is 0 Å². The van der Waals surface area contributed by atoms with E-state index >= 15 is 0 Å². The van der Waals surface area contributed by atoms with E-state index in [0.717, 1.165) is 18.3 Å². The van der Waals surface area contributed by atoms with Crippen molar-refractivity contribution in [2.45, 2.75) is 18.8 Å². The third kappa shape index (κ3) is 3.11. The highest BCUT2D eigenvalue weighted by Gasteiger charge is 2.09. The number of aldehydes is 1. The number of hydrogen-bond donors (Lipinski definition) is 0. The molecule has 0 saturated carbocycles. The van der Waals surface area contributed by atoms with Gasteiger partial charge in [-0.05, 0) is 30.0 Å². The van der Waals surface area contributed by atoms with Gasteiger partial charge in [0.15, 0.2) is 0 Å². The van der Waals surface area contributed by atoms with Crippen LogP contribution in [0.25, 0.3) is 0 Å². The van der Waals surface area contributed by atoms with Gasteiger partial charge in [-0.3, -0.25) is 0 Å². The maximum atomic E-state index is 12.6. The van der Waals surface area contributed by atoms with Crippen molar-refractivity contribution in [1.29, 1.82) is 0 Å². The number of hydrogen-bond acceptors (Lipinski definition) is 1. The molecule has 0 fully saturated rings. The van der Waals surface area contributed by atoms with Gasteiger partial charge in [-0.25, -0.2) is 4.39 Å². The summed E-state index contributed by atoms with van der Waals surface area (Å²) in [4.78, 5) is 10.2. The van der Waals surface area contributed by atoms with Crippen LogP contribution in [0, 0.1) is 5.82 Å². The predicted molar refractivity (Wildman–Crippen MR) is 55.2 cm³/mol. The average Bonchev–Trinajstić information content (AvgIpc) is 2.21. The Hall–Kier alpha value is -0.890. The summed E-state index contributed by atoms with van der Waals surface area (Å²) in [5.74, 6) is 0.347. The van der Waals surface area contributed by atoms with Gasteiger partial charge >= 0.3 is 0 Å². The SMILES string of the molecule is O=CCCC(CCl)c1ccc(F)cc1. The van der Waals surface area contributed by atoms with Crippen LogP contribution in [0.5, 0.6) is 0 Å². The molecule has 0 aliphatic heterocycles. The molecule has 1 aromatic carbocycles. The van der Waals surface area contributed by atoms with Crippen LogP contribution in [0.1, 0.15) is 24.3 Å². The number of halogens is 2. The van der Waals surface area contributed by atoms with Crippen molar-refractivity contribution in [2.24, 2.45) is 0 Å². The van der Waals surface area contributed by atoms with Crippen LogP contribution >= 0.6 is 11.6 Å². The average molecular weight is 215 g/mol. The lowest BCUT2D eigenvalue weighted by Crippen LogP contribution is -2.01. The van der Waals surface area contributed by atoms with Gasteiger partial charge in [-0.15, -0.1) is 11.6 Å². The molecule has 1 aromatic rings. The van der Waals surface area contributed by atoms with Crippen molar-refractivity contribution in [3.63, 3.8) is 0 Å². The molecule has 0 saturated heterocycles. The van der Waals surface area contributed by atoms with Crippen LogP contribution in [0.2, 0.25) is 0 Å². The molecule has 1 rings (SSSR count). The Morgan fingerprint density at radius 1 is 1.36 bits per heavy atom. The lowest BCUT2D eigenvalue weighted by atomic mass is 9.96. The zero-order chi connectivity index (χ0) is 10.4. The molecule has 1 atom stereocenters. The van der Waals surface area contributed by atoms with Gasteiger partial charge in [0.1, 0.15) is 12.1 Å². The molecule has 0 aromatic heterocycles. The van der Waals surface area contributed by atoms with E-state index in [9.17, 15) is 9.18 Å².